The fourth-order valence-corrected chi connectivity index (χ4v) is 0.597. The highest BCUT2D eigenvalue weighted by molar-refractivity contribution is 6.17. The fourth-order valence-electron chi connectivity index (χ4n) is 0.373. The van der Waals surface area contributed by atoms with Crippen LogP contribution in [-0.2, 0) is 4.79 Å². The summed E-state index contributed by atoms with van der Waals surface area (Å²) in [5.41, 5.74) is 0. The molecule has 0 fully saturated rings. The molecule has 0 aliphatic heterocycles. The van der Waals surface area contributed by atoms with Crippen LogP contribution in [0.2, 0.25) is 0 Å². The standard InChI is InChI=1S/C5H9ClO3/c6-2-1-4(8)5(9)3-7/h3-5,8-9H,1-2H2. The van der Waals surface area contributed by atoms with E-state index in [9.17, 15) is 4.79 Å². The smallest absolute Gasteiger partial charge is 0.151 e. The number of aliphatic hydroxyl groups excluding tert-OH is 2. The summed E-state index contributed by atoms with van der Waals surface area (Å²) in [5.74, 6) is 0.242. The molecule has 3 nitrogen and oxygen atoms in total. The van der Waals surface area contributed by atoms with Gasteiger partial charge in [-0.2, -0.15) is 0 Å². The molecule has 0 spiro atoms. The number of aldehydes is 1. The van der Waals surface area contributed by atoms with Crippen LogP contribution in [0.4, 0.5) is 0 Å². The van der Waals surface area contributed by atoms with Gasteiger partial charge < -0.3 is 15.0 Å². The first-order valence-corrected chi connectivity index (χ1v) is 3.13. The number of alkyl halides is 1. The van der Waals surface area contributed by atoms with Gasteiger partial charge in [0.2, 0.25) is 0 Å². The molecular formula is C5H9ClO3. The number of hydrogen-bond acceptors (Lipinski definition) is 3. The molecule has 2 atom stereocenters. The summed E-state index contributed by atoms with van der Waals surface area (Å²) in [6.07, 6.45) is -1.78. The van der Waals surface area contributed by atoms with Crippen molar-refractivity contribution in [2.24, 2.45) is 0 Å². The maximum Gasteiger partial charge on any atom is 0.151 e. The minimum absolute atomic E-state index is 0.238. The zero-order valence-corrected chi connectivity index (χ0v) is 5.58. The van der Waals surface area contributed by atoms with Gasteiger partial charge in [0, 0.05) is 5.88 Å². The highest BCUT2D eigenvalue weighted by Gasteiger charge is 2.13. The normalized spacial score (nSPS) is 16.8. The van der Waals surface area contributed by atoms with Gasteiger partial charge in [0.25, 0.3) is 0 Å². The molecule has 0 saturated heterocycles. The van der Waals surface area contributed by atoms with Gasteiger partial charge in [-0.25, -0.2) is 0 Å². The van der Waals surface area contributed by atoms with E-state index in [2.05, 4.69) is 0 Å². The zero-order valence-electron chi connectivity index (χ0n) is 4.83. The lowest BCUT2D eigenvalue weighted by Gasteiger charge is -2.08. The zero-order chi connectivity index (χ0) is 7.28. The molecule has 0 amide bonds. The Hall–Kier alpha value is -0.120. The van der Waals surface area contributed by atoms with E-state index in [4.69, 9.17) is 21.8 Å². The van der Waals surface area contributed by atoms with Crippen LogP contribution in [0.1, 0.15) is 6.42 Å². The predicted octanol–water partition coefficient (Wildman–Crippen LogP) is -0.464. The highest BCUT2D eigenvalue weighted by atomic mass is 35.5. The summed E-state index contributed by atoms with van der Waals surface area (Å²) >= 11 is 5.21. The highest BCUT2D eigenvalue weighted by Crippen LogP contribution is 1.97. The molecule has 0 aromatic carbocycles. The van der Waals surface area contributed by atoms with E-state index in [-0.39, 0.29) is 18.6 Å². The Morgan fingerprint density at radius 2 is 2.11 bits per heavy atom. The molecule has 0 heterocycles. The number of halogens is 1. The third kappa shape index (κ3) is 3.46. The molecule has 4 heteroatoms. The van der Waals surface area contributed by atoms with E-state index in [1.807, 2.05) is 0 Å². The Kier molecular flexibility index (Phi) is 4.67. The van der Waals surface area contributed by atoms with Crippen molar-refractivity contribution in [3.05, 3.63) is 0 Å². The monoisotopic (exact) mass is 152 g/mol. The lowest BCUT2D eigenvalue weighted by Crippen LogP contribution is -2.27. The van der Waals surface area contributed by atoms with Gasteiger partial charge in [-0.3, -0.25) is 0 Å². The van der Waals surface area contributed by atoms with Crippen LogP contribution >= 0.6 is 11.6 Å². The van der Waals surface area contributed by atoms with E-state index < -0.39 is 12.2 Å². The first-order valence-electron chi connectivity index (χ1n) is 2.59. The van der Waals surface area contributed by atoms with Gasteiger partial charge in [0.05, 0.1) is 6.10 Å². The summed E-state index contributed by atoms with van der Waals surface area (Å²) in [6, 6.07) is 0. The van der Waals surface area contributed by atoms with Gasteiger partial charge in [0.1, 0.15) is 6.10 Å². The van der Waals surface area contributed by atoms with Crippen LogP contribution < -0.4 is 0 Å². The number of carbonyl (C=O) groups is 1. The van der Waals surface area contributed by atoms with Gasteiger partial charge in [-0.15, -0.1) is 11.6 Å². The molecule has 9 heavy (non-hydrogen) atoms. The number of aliphatic hydroxyl groups is 2. The molecule has 0 aromatic rings. The Balaban J connectivity index is 3.44. The number of hydrogen-bond donors (Lipinski definition) is 2. The quantitative estimate of drug-likeness (QED) is 0.423. The minimum Gasteiger partial charge on any atom is -0.390 e. The Morgan fingerprint density at radius 3 is 2.44 bits per heavy atom. The van der Waals surface area contributed by atoms with Gasteiger partial charge in [-0.05, 0) is 6.42 Å². The molecule has 0 aromatic heterocycles. The van der Waals surface area contributed by atoms with Crippen molar-refractivity contribution in [2.75, 3.05) is 5.88 Å². The van der Waals surface area contributed by atoms with Gasteiger partial charge in [0.15, 0.2) is 6.29 Å². The van der Waals surface area contributed by atoms with Crippen LogP contribution in [-0.4, -0.2) is 34.6 Å². The molecule has 0 rings (SSSR count). The van der Waals surface area contributed by atoms with Crippen molar-refractivity contribution in [1.29, 1.82) is 0 Å². The lowest BCUT2D eigenvalue weighted by atomic mass is 10.2. The Labute approximate surface area is 58.3 Å². The first kappa shape index (κ1) is 8.88. The molecule has 0 radical (unpaired) electrons. The maximum atomic E-state index is 9.77. The molecular weight excluding hydrogens is 144 g/mol. The fraction of sp³-hybridized carbons (Fsp3) is 0.800. The van der Waals surface area contributed by atoms with Crippen LogP contribution in [0.5, 0.6) is 0 Å². The van der Waals surface area contributed by atoms with E-state index in [1.54, 1.807) is 0 Å². The molecule has 0 aliphatic carbocycles. The molecule has 0 aliphatic rings. The van der Waals surface area contributed by atoms with Crippen molar-refractivity contribution >= 4 is 17.9 Å². The van der Waals surface area contributed by atoms with Crippen molar-refractivity contribution in [1.82, 2.24) is 0 Å². The number of carbonyl (C=O) groups excluding carboxylic acids is 1. The van der Waals surface area contributed by atoms with Gasteiger partial charge >= 0.3 is 0 Å². The van der Waals surface area contributed by atoms with E-state index in [1.165, 1.54) is 0 Å². The number of rotatable bonds is 4. The van der Waals surface area contributed by atoms with E-state index >= 15 is 0 Å². The largest absolute Gasteiger partial charge is 0.390 e. The third-order valence-electron chi connectivity index (χ3n) is 0.939. The Bertz CT molecular complexity index is 86.3. The second-order valence-electron chi connectivity index (χ2n) is 1.67. The maximum absolute atomic E-state index is 9.77. The molecule has 0 bridgehead atoms. The molecule has 2 N–H and O–H groups in total. The van der Waals surface area contributed by atoms with Crippen LogP contribution in [0, 0.1) is 0 Å². The predicted molar refractivity (Wildman–Crippen MR) is 33.4 cm³/mol. The van der Waals surface area contributed by atoms with Crippen LogP contribution in [0.25, 0.3) is 0 Å². The lowest BCUT2D eigenvalue weighted by molar-refractivity contribution is -0.120. The van der Waals surface area contributed by atoms with Crippen LogP contribution in [0.3, 0.4) is 0 Å². The average molecular weight is 153 g/mol. The van der Waals surface area contributed by atoms with Gasteiger partial charge in [-0.1, -0.05) is 0 Å². The molecule has 2 unspecified atom stereocenters. The summed E-state index contributed by atoms with van der Waals surface area (Å²) in [4.78, 5) is 9.77. The SMILES string of the molecule is O=CC(O)C(O)CCCl. The molecule has 0 saturated carbocycles. The summed E-state index contributed by atoms with van der Waals surface area (Å²) in [6.45, 7) is 0. The topological polar surface area (TPSA) is 57.5 Å². The Morgan fingerprint density at radius 1 is 1.56 bits per heavy atom. The third-order valence-corrected chi connectivity index (χ3v) is 1.16. The summed E-state index contributed by atoms with van der Waals surface area (Å²) in [5, 5.41) is 17.3. The average Bonchev–Trinajstić information content (AvgIpc) is 1.87. The van der Waals surface area contributed by atoms with Crippen molar-refractivity contribution < 1.29 is 15.0 Å². The first-order chi connectivity index (χ1) is 4.22. The van der Waals surface area contributed by atoms with E-state index in [0.717, 1.165) is 0 Å². The van der Waals surface area contributed by atoms with Crippen molar-refractivity contribution in [3.8, 4) is 0 Å². The second-order valence-corrected chi connectivity index (χ2v) is 2.05. The van der Waals surface area contributed by atoms with E-state index in [0.29, 0.717) is 0 Å². The van der Waals surface area contributed by atoms with Crippen molar-refractivity contribution in [2.45, 2.75) is 18.6 Å². The van der Waals surface area contributed by atoms with Crippen LogP contribution in [0.15, 0.2) is 0 Å². The molecule has 54 valence electrons. The summed E-state index contributed by atoms with van der Waals surface area (Å²) < 4.78 is 0. The minimum atomic E-state index is -1.29. The van der Waals surface area contributed by atoms with Crippen molar-refractivity contribution in [3.63, 3.8) is 0 Å². The second kappa shape index (κ2) is 4.73. The summed E-state index contributed by atoms with van der Waals surface area (Å²) in [7, 11) is 0.